The molecule has 0 unspecified atom stereocenters. The highest BCUT2D eigenvalue weighted by Gasteiger charge is 2.20. The van der Waals surface area contributed by atoms with Crippen molar-refractivity contribution < 1.29 is 19.1 Å². The Morgan fingerprint density at radius 3 is 2.13 bits per heavy atom. The minimum absolute atomic E-state index is 0.120. The van der Waals surface area contributed by atoms with Crippen LogP contribution in [0.15, 0.2) is 97.1 Å². The first-order chi connectivity index (χ1) is 15.1. The number of amides is 1. The van der Waals surface area contributed by atoms with E-state index in [1.165, 1.54) is 6.07 Å². The van der Waals surface area contributed by atoms with Crippen LogP contribution in [0.3, 0.4) is 0 Å². The van der Waals surface area contributed by atoms with Crippen molar-refractivity contribution in [1.82, 2.24) is 0 Å². The number of hydrogen-bond acceptors (Lipinski definition) is 4. The third-order valence-corrected chi connectivity index (χ3v) is 4.83. The SMILES string of the molecule is O=C(COC(=O)c1ccccc1C(=O)c1ccccc1)Nc1cccc2ccccc12. The molecule has 0 saturated heterocycles. The molecule has 5 heteroatoms. The van der Waals surface area contributed by atoms with E-state index in [0.717, 1.165) is 10.8 Å². The van der Waals surface area contributed by atoms with Gasteiger partial charge in [0.1, 0.15) is 0 Å². The van der Waals surface area contributed by atoms with Crippen molar-refractivity contribution in [2.75, 3.05) is 11.9 Å². The van der Waals surface area contributed by atoms with Crippen LogP contribution in [0.2, 0.25) is 0 Å². The van der Waals surface area contributed by atoms with E-state index in [1.807, 2.05) is 42.5 Å². The Morgan fingerprint density at radius 1 is 0.677 bits per heavy atom. The van der Waals surface area contributed by atoms with Crippen molar-refractivity contribution in [3.8, 4) is 0 Å². The molecule has 0 aromatic heterocycles. The third-order valence-electron chi connectivity index (χ3n) is 4.83. The Morgan fingerprint density at radius 2 is 1.32 bits per heavy atom. The Balaban J connectivity index is 1.46. The minimum atomic E-state index is -0.729. The van der Waals surface area contributed by atoms with E-state index in [-0.39, 0.29) is 16.9 Å². The van der Waals surface area contributed by atoms with Gasteiger partial charge in [-0.15, -0.1) is 0 Å². The van der Waals surface area contributed by atoms with Crippen molar-refractivity contribution in [1.29, 1.82) is 0 Å². The van der Waals surface area contributed by atoms with Gasteiger partial charge in [-0.3, -0.25) is 9.59 Å². The van der Waals surface area contributed by atoms with Crippen LogP contribution in [0.1, 0.15) is 26.3 Å². The van der Waals surface area contributed by atoms with Crippen LogP contribution in [0.25, 0.3) is 10.8 Å². The van der Waals surface area contributed by atoms with E-state index in [4.69, 9.17) is 4.74 Å². The predicted molar refractivity (Wildman–Crippen MR) is 119 cm³/mol. The summed E-state index contributed by atoms with van der Waals surface area (Å²) in [6.07, 6.45) is 0. The summed E-state index contributed by atoms with van der Waals surface area (Å²) in [6.45, 7) is -0.462. The summed E-state index contributed by atoms with van der Waals surface area (Å²) in [4.78, 5) is 37.8. The molecule has 0 heterocycles. The molecular formula is C26H19NO4. The second-order valence-electron chi connectivity index (χ2n) is 6.89. The second-order valence-corrected chi connectivity index (χ2v) is 6.89. The highest BCUT2D eigenvalue weighted by atomic mass is 16.5. The van der Waals surface area contributed by atoms with Gasteiger partial charge in [0.25, 0.3) is 5.91 Å². The molecule has 1 amide bonds. The monoisotopic (exact) mass is 409 g/mol. The molecular weight excluding hydrogens is 390 g/mol. The first-order valence-electron chi connectivity index (χ1n) is 9.77. The van der Waals surface area contributed by atoms with Gasteiger partial charge in [0, 0.05) is 22.2 Å². The first kappa shape index (κ1) is 20.0. The zero-order chi connectivity index (χ0) is 21.6. The lowest BCUT2D eigenvalue weighted by Gasteiger charge is -2.11. The summed E-state index contributed by atoms with van der Waals surface area (Å²) in [6, 6.07) is 28.3. The number of ketones is 1. The maximum absolute atomic E-state index is 12.8. The van der Waals surface area contributed by atoms with Gasteiger partial charge in [-0.25, -0.2) is 4.79 Å². The molecule has 4 rings (SSSR count). The number of anilines is 1. The molecule has 0 fully saturated rings. The van der Waals surface area contributed by atoms with Crippen LogP contribution in [-0.4, -0.2) is 24.3 Å². The molecule has 4 aromatic rings. The molecule has 31 heavy (non-hydrogen) atoms. The number of rotatable bonds is 6. The number of ether oxygens (including phenoxy) is 1. The number of hydrogen-bond donors (Lipinski definition) is 1. The molecule has 0 spiro atoms. The molecule has 0 bridgehead atoms. The van der Waals surface area contributed by atoms with Crippen LogP contribution in [0.4, 0.5) is 5.69 Å². The third kappa shape index (κ3) is 4.51. The average Bonchev–Trinajstić information content (AvgIpc) is 2.83. The predicted octanol–water partition coefficient (Wildman–Crippen LogP) is 4.87. The maximum atomic E-state index is 12.8. The highest BCUT2D eigenvalue weighted by Crippen LogP contribution is 2.23. The molecule has 0 atom stereocenters. The van der Waals surface area contributed by atoms with Gasteiger partial charge in [0.15, 0.2) is 12.4 Å². The molecule has 4 aromatic carbocycles. The van der Waals surface area contributed by atoms with Crippen LogP contribution in [0.5, 0.6) is 0 Å². The van der Waals surface area contributed by atoms with Crippen molar-refractivity contribution in [3.05, 3.63) is 114 Å². The van der Waals surface area contributed by atoms with E-state index in [2.05, 4.69) is 5.32 Å². The van der Waals surface area contributed by atoms with Crippen LogP contribution >= 0.6 is 0 Å². The first-order valence-corrected chi connectivity index (χ1v) is 9.77. The fourth-order valence-corrected chi connectivity index (χ4v) is 3.33. The molecule has 152 valence electrons. The summed E-state index contributed by atoms with van der Waals surface area (Å²) in [5, 5.41) is 4.66. The molecule has 0 aliphatic heterocycles. The number of fused-ring (bicyclic) bond motifs is 1. The van der Waals surface area contributed by atoms with Gasteiger partial charge in [-0.05, 0) is 17.5 Å². The molecule has 0 aliphatic rings. The van der Waals surface area contributed by atoms with E-state index in [0.29, 0.717) is 11.3 Å². The van der Waals surface area contributed by atoms with Gasteiger partial charge in [-0.1, -0.05) is 84.9 Å². The normalized spacial score (nSPS) is 10.5. The highest BCUT2D eigenvalue weighted by molar-refractivity contribution is 6.14. The topological polar surface area (TPSA) is 72.5 Å². The lowest BCUT2D eigenvalue weighted by Crippen LogP contribution is -2.22. The van der Waals surface area contributed by atoms with E-state index >= 15 is 0 Å². The van der Waals surface area contributed by atoms with Crippen LogP contribution in [-0.2, 0) is 9.53 Å². The Labute approximate surface area is 179 Å². The second kappa shape index (κ2) is 9.05. The summed E-state index contributed by atoms with van der Waals surface area (Å²) in [7, 11) is 0. The Hall–Kier alpha value is -4.25. The van der Waals surface area contributed by atoms with E-state index in [9.17, 15) is 14.4 Å². The molecule has 0 radical (unpaired) electrons. The zero-order valence-electron chi connectivity index (χ0n) is 16.6. The van der Waals surface area contributed by atoms with Gasteiger partial charge < -0.3 is 10.1 Å². The quantitative estimate of drug-likeness (QED) is 0.364. The largest absolute Gasteiger partial charge is 0.452 e. The fourth-order valence-electron chi connectivity index (χ4n) is 3.33. The van der Waals surface area contributed by atoms with Crippen LogP contribution in [0, 0.1) is 0 Å². The van der Waals surface area contributed by atoms with E-state index < -0.39 is 18.5 Å². The minimum Gasteiger partial charge on any atom is -0.452 e. The summed E-state index contributed by atoms with van der Waals surface area (Å²) >= 11 is 0. The summed E-state index contributed by atoms with van der Waals surface area (Å²) < 4.78 is 5.20. The van der Waals surface area contributed by atoms with Gasteiger partial charge in [-0.2, -0.15) is 0 Å². The van der Waals surface area contributed by atoms with Crippen molar-refractivity contribution in [2.24, 2.45) is 0 Å². The van der Waals surface area contributed by atoms with Gasteiger partial charge in [0.2, 0.25) is 0 Å². The number of carbonyl (C=O) groups excluding carboxylic acids is 3. The number of benzene rings is 4. The standard InChI is InChI=1S/C26H19NO4/c28-24(27-23-16-8-12-18-9-4-5-13-20(18)23)17-31-26(30)22-15-7-6-14-21(22)25(29)19-10-2-1-3-11-19/h1-16H,17H2,(H,27,28). The maximum Gasteiger partial charge on any atom is 0.339 e. The Bertz CT molecular complexity index is 1260. The van der Waals surface area contributed by atoms with Gasteiger partial charge >= 0.3 is 5.97 Å². The van der Waals surface area contributed by atoms with Crippen LogP contribution < -0.4 is 5.32 Å². The fraction of sp³-hybridized carbons (Fsp3) is 0.0385. The molecule has 0 saturated carbocycles. The number of nitrogens with one attached hydrogen (secondary N) is 1. The van der Waals surface area contributed by atoms with Crippen molar-refractivity contribution in [3.63, 3.8) is 0 Å². The summed E-state index contributed by atoms with van der Waals surface area (Å²) in [5.74, 6) is -1.47. The van der Waals surface area contributed by atoms with Gasteiger partial charge in [0.05, 0.1) is 5.56 Å². The van der Waals surface area contributed by atoms with E-state index in [1.54, 1.807) is 48.5 Å². The number of esters is 1. The van der Waals surface area contributed by atoms with Crippen molar-refractivity contribution >= 4 is 34.1 Å². The number of carbonyl (C=O) groups is 3. The summed E-state index contributed by atoms with van der Waals surface area (Å²) in [5.41, 5.74) is 1.46. The smallest absolute Gasteiger partial charge is 0.339 e. The van der Waals surface area contributed by atoms with Crippen molar-refractivity contribution in [2.45, 2.75) is 0 Å². The Kier molecular flexibility index (Phi) is 5.85. The lowest BCUT2D eigenvalue weighted by atomic mass is 9.98. The zero-order valence-corrected chi connectivity index (χ0v) is 16.6. The average molecular weight is 409 g/mol. The molecule has 1 N–H and O–H groups in total. The molecule has 5 nitrogen and oxygen atoms in total. The molecule has 0 aliphatic carbocycles. The lowest BCUT2D eigenvalue weighted by molar-refractivity contribution is -0.119.